The fourth-order valence-corrected chi connectivity index (χ4v) is 5.67. The molecular formula is C34H39N5O7S. The number of benzene rings is 3. The normalized spacial score (nSPS) is 12.9. The van der Waals surface area contributed by atoms with E-state index >= 15 is 0 Å². The van der Waals surface area contributed by atoms with Gasteiger partial charge in [-0.3, -0.25) is 14.0 Å². The molecule has 0 fully saturated rings. The summed E-state index contributed by atoms with van der Waals surface area (Å²) >= 11 is 0. The van der Waals surface area contributed by atoms with Crippen LogP contribution in [0.3, 0.4) is 0 Å². The quantitative estimate of drug-likeness (QED) is 0.138. The van der Waals surface area contributed by atoms with Gasteiger partial charge in [0.25, 0.3) is 10.1 Å². The van der Waals surface area contributed by atoms with Gasteiger partial charge in [0.15, 0.2) is 5.75 Å². The second-order valence-electron chi connectivity index (χ2n) is 11.3. The fourth-order valence-electron chi connectivity index (χ4n) is 5.31. The molecule has 3 amide bonds. The average Bonchev–Trinajstić information content (AvgIpc) is 3.37. The van der Waals surface area contributed by atoms with E-state index in [1.807, 2.05) is 54.4 Å². The van der Waals surface area contributed by atoms with E-state index in [9.17, 15) is 18.0 Å². The summed E-state index contributed by atoms with van der Waals surface area (Å²) in [4.78, 5) is 27.3. The number of carbonyl (C=O) groups excluding carboxylic acids is 2. The Labute approximate surface area is 274 Å². The summed E-state index contributed by atoms with van der Waals surface area (Å²) in [7, 11) is -4.16. The van der Waals surface area contributed by atoms with Crippen LogP contribution >= 0.6 is 0 Å². The largest absolute Gasteiger partial charge is 0.493 e. The lowest BCUT2D eigenvalue weighted by Crippen LogP contribution is -2.32. The highest BCUT2D eigenvalue weighted by atomic mass is 32.2. The zero-order valence-corrected chi connectivity index (χ0v) is 27.3. The smallest absolute Gasteiger partial charge is 0.319 e. The molecule has 0 saturated heterocycles. The van der Waals surface area contributed by atoms with E-state index in [2.05, 4.69) is 28.7 Å². The van der Waals surface area contributed by atoms with Crippen LogP contribution in [0.2, 0.25) is 0 Å². The molecule has 13 heteroatoms. The van der Waals surface area contributed by atoms with Gasteiger partial charge in [0.1, 0.15) is 5.75 Å². The average molecular weight is 662 g/mol. The summed E-state index contributed by atoms with van der Waals surface area (Å²) in [6.45, 7) is 5.79. The summed E-state index contributed by atoms with van der Waals surface area (Å²) in [6, 6.07) is 18.4. The number of amides is 3. The van der Waals surface area contributed by atoms with Crippen molar-refractivity contribution in [1.29, 1.82) is 0 Å². The summed E-state index contributed by atoms with van der Waals surface area (Å²) in [5, 5.41) is 9.59. The summed E-state index contributed by atoms with van der Waals surface area (Å²) in [6.07, 6.45) is 5.32. The molecule has 1 aliphatic heterocycles. The molecule has 0 aliphatic carbocycles. The summed E-state index contributed by atoms with van der Waals surface area (Å²) in [5.74, 6) is 0.945. The van der Waals surface area contributed by atoms with Gasteiger partial charge in [0.2, 0.25) is 5.91 Å². The third-order valence-electron chi connectivity index (χ3n) is 7.83. The number of carbonyl (C=O) groups is 2. The van der Waals surface area contributed by atoms with Crippen molar-refractivity contribution in [1.82, 2.24) is 15.1 Å². The van der Waals surface area contributed by atoms with Gasteiger partial charge in [-0.05, 0) is 67.6 Å². The Morgan fingerprint density at radius 3 is 2.72 bits per heavy atom. The molecule has 0 bridgehead atoms. The van der Waals surface area contributed by atoms with Gasteiger partial charge in [-0.25, -0.2) is 4.79 Å². The number of aryl methyl sites for hydroxylation is 1. The Bertz CT molecular complexity index is 1840. The number of rotatable bonds is 12. The van der Waals surface area contributed by atoms with Gasteiger partial charge in [0, 0.05) is 42.5 Å². The Hall–Kier alpha value is -4.88. The first-order valence-corrected chi connectivity index (χ1v) is 17.1. The van der Waals surface area contributed by atoms with Gasteiger partial charge >= 0.3 is 6.03 Å². The van der Waals surface area contributed by atoms with Gasteiger partial charge in [-0.15, -0.1) is 0 Å². The molecule has 47 heavy (non-hydrogen) atoms. The molecule has 2 heterocycles. The number of nitrogens with zero attached hydrogens (tertiary/aromatic N) is 3. The number of ether oxygens (including phenoxy) is 2. The minimum absolute atomic E-state index is 0.0229. The highest BCUT2D eigenvalue weighted by molar-refractivity contribution is 7.85. The zero-order chi connectivity index (χ0) is 33.4. The molecular weight excluding hydrogens is 622 g/mol. The number of para-hydroxylation sites is 1. The number of nitrogens with one attached hydrogen (secondary N) is 2. The third kappa shape index (κ3) is 9.11. The summed E-state index contributed by atoms with van der Waals surface area (Å²) in [5.41, 5.74) is 6.08. The molecule has 3 N–H and O–H groups in total. The van der Waals surface area contributed by atoms with Crippen LogP contribution in [0.4, 0.5) is 16.2 Å². The van der Waals surface area contributed by atoms with Crippen molar-refractivity contribution in [3.63, 3.8) is 0 Å². The van der Waals surface area contributed by atoms with E-state index in [1.165, 1.54) is 5.56 Å². The summed E-state index contributed by atoms with van der Waals surface area (Å²) < 4.78 is 44.5. The Balaban J connectivity index is 1.22. The van der Waals surface area contributed by atoms with Crippen LogP contribution < -0.4 is 25.0 Å². The monoisotopic (exact) mass is 661 g/mol. The van der Waals surface area contributed by atoms with Crippen molar-refractivity contribution >= 4 is 33.4 Å². The predicted octanol–water partition coefficient (Wildman–Crippen LogP) is 5.20. The number of fused-ring (bicyclic) bond motifs is 1. The topological polar surface area (TPSA) is 152 Å². The van der Waals surface area contributed by atoms with Crippen molar-refractivity contribution in [2.45, 2.75) is 39.7 Å². The van der Waals surface area contributed by atoms with Gasteiger partial charge < -0.3 is 25.0 Å². The van der Waals surface area contributed by atoms with E-state index in [0.717, 1.165) is 33.7 Å². The first-order valence-electron chi connectivity index (χ1n) is 15.4. The van der Waals surface area contributed by atoms with Crippen LogP contribution in [-0.4, -0.2) is 66.7 Å². The molecule has 248 valence electrons. The molecule has 5 rings (SSSR count). The Kier molecular flexibility index (Phi) is 10.8. The van der Waals surface area contributed by atoms with E-state index in [1.54, 1.807) is 29.1 Å². The van der Waals surface area contributed by atoms with E-state index in [-0.39, 0.29) is 12.5 Å². The van der Waals surface area contributed by atoms with Crippen LogP contribution in [0.15, 0.2) is 73.1 Å². The number of urea groups is 1. The number of hydrogen-bond acceptors (Lipinski definition) is 7. The standard InChI is InChI=1S/C34H39N5O7S/c1-24-8-3-13-31(25(24)2)45-17-6-14-32(40)39-16-7-18-46-33-29(11-5-12-30(33)39)27-21-36-38(23-27)22-26-9-4-10-28(20-26)37-34(41)35-15-19-47(42,43)44/h3-5,8-13,20-21,23H,6-7,14-19,22H2,1-2H3,(H2,35,37,41)(H,42,43,44). The minimum atomic E-state index is -4.16. The fraction of sp³-hybridized carbons (Fsp3) is 0.324. The lowest BCUT2D eigenvalue weighted by Gasteiger charge is -2.23. The maximum atomic E-state index is 13.4. The number of aromatic nitrogens is 2. The SMILES string of the molecule is Cc1cccc(OCCCC(=O)N2CCCOc3c(-c4cnn(Cc5cccc(NC(=O)NCCS(=O)(=O)O)c5)c4)cccc32)c1C. The van der Waals surface area contributed by atoms with Gasteiger partial charge in [0.05, 0.1) is 37.4 Å². The maximum absolute atomic E-state index is 13.4. The van der Waals surface area contributed by atoms with Crippen molar-refractivity contribution in [2.75, 3.05) is 42.3 Å². The Morgan fingerprint density at radius 1 is 1.09 bits per heavy atom. The second-order valence-corrected chi connectivity index (χ2v) is 12.9. The zero-order valence-electron chi connectivity index (χ0n) is 26.4. The van der Waals surface area contributed by atoms with Crippen molar-refractivity contribution in [2.24, 2.45) is 0 Å². The molecule has 0 atom stereocenters. The number of hydrogen-bond donors (Lipinski definition) is 3. The van der Waals surface area contributed by atoms with Crippen LogP contribution in [-0.2, 0) is 21.5 Å². The molecule has 0 radical (unpaired) electrons. The first-order chi connectivity index (χ1) is 22.6. The van der Waals surface area contributed by atoms with E-state index in [0.29, 0.717) is 57.0 Å². The number of anilines is 2. The lowest BCUT2D eigenvalue weighted by molar-refractivity contribution is -0.118. The highest BCUT2D eigenvalue weighted by Crippen LogP contribution is 2.40. The molecule has 0 unspecified atom stereocenters. The molecule has 0 spiro atoms. The predicted molar refractivity (Wildman–Crippen MR) is 180 cm³/mol. The second kappa shape index (κ2) is 15.1. The van der Waals surface area contributed by atoms with Gasteiger partial charge in [-0.2, -0.15) is 13.5 Å². The molecule has 3 aromatic carbocycles. The third-order valence-corrected chi connectivity index (χ3v) is 8.55. The van der Waals surface area contributed by atoms with E-state index < -0.39 is 21.9 Å². The van der Waals surface area contributed by atoms with Crippen LogP contribution in [0.25, 0.3) is 11.1 Å². The molecule has 1 aliphatic rings. The van der Waals surface area contributed by atoms with Crippen molar-refractivity contribution in [3.8, 4) is 22.6 Å². The molecule has 4 aromatic rings. The first kappa shape index (κ1) is 33.5. The minimum Gasteiger partial charge on any atom is -0.493 e. The molecule has 1 aromatic heterocycles. The Morgan fingerprint density at radius 2 is 1.89 bits per heavy atom. The van der Waals surface area contributed by atoms with Crippen LogP contribution in [0.5, 0.6) is 11.5 Å². The lowest BCUT2D eigenvalue weighted by atomic mass is 10.1. The van der Waals surface area contributed by atoms with Crippen molar-refractivity contribution < 1.29 is 32.0 Å². The highest BCUT2D eigenvalue weighted by Gasteiger charge is 2.25. The molecule has 0 saturated carbocycles. The van der Waals surface area contributed by atoms with E-state index in [4.69, 9.17) is 14.0 Å². The van der Waals surface area contributed by atoms with Crippen LogP contribution in [0, 0.1) is 13.8 Å². The van der Waals surface area contributed by atoms with Crippen molar-refractivity contribution in [3.05, 3.63) is 89.7 Å². The van der Waals surface area contributed by atoms with Crippen LogP contribution in [0.1, 0.15) is 36.0 Å². The maximum Gasteiger partial charge on any atom is 0.319 e. The van der Waals surface area contributed by atoms with Gasteiger partial charge in [-0.1, -0.05) is 36.4 Å². The molecule has 12 nitrogen and oxygen atoms in total.